The Kier molecular flexibility index (Phi) is 4.82. The van der Waals surface area contributed by atoms with Gasteiger partial charge < -0.3 is 4.74 Å². The predicted molar refractivity (Wildman–Crippen MR) is 73.5 cm³/mol. The van der Waals surface area contributed by atoms with E-state index in [0.717, 1.165) is 12.1 Å². The lowest BCUT2D eigenvalue weighted by atomic mass is 10.0. The maximum Gasteiger partial charge on any atom is 0.416 e. The molecule has 2 aromatic carbocycles. The van der Waals surface area contributed by atoms with Gasteiger partial charge in [0, 0.05) is 11.1 Å². The summed E-state index contributed by atoms with van der Waals surface area (Å²) >= 11 is 11.8. The van der Waals surface area contributed by atoms with Crippen molar-refractivity contribution in [3.05, 3.63) is 52.0 Å². The molecule has 0 atom stereocenters. The van der Waals surface area contributed by atoms with Crippen molar-refractivity contribution in [1.82, 2.24) is 0 Å². The molecule has 0 spiro atoms. The molecule has 1 nitrogen and oxygen atoms in total. The predicted octanol–water partition coefficient (Wildman–Crippen LogP) is 6.28. The van der Waals surface area contributed by atoms with Crippen LogP contribution in [-0.2, 0) is 6.18 Å². The molecule has 0 heterocycles. The van der Waals surface area contributed by atoms with Crippen LogP contribution < -0.4 is 4.74 Å². The highest BCUT2D eigenvalue weighted by molar-refractivity contribution is 6.43. The first-order chi connectivity index (χ1) is 10.2. The van der Waals surface area contributed by atoms with Crippen LogP contribution in [0, 0.1) is 0 Å². The quantitative estimate of drug-likeness (QED) is 0.588. The van der Waals surface area contributed by atoms with Gasteiger partial charge in [0.15, 0.2) is 0 Å². The van der Waals surface area contributed by atoms with E-state index in [2.05, 4.69) is 4.74 Å². The van der Waals surface area contributed by atoms with Crippen LogP contribution in [-0.4, -0.2) is 6.61 Å². The molecule has 0 aliphatic rings. The highest BCUT2D eigenvalue weighted by Crippen LogP contribution is 2.41. The lowest BCUT2D eigenvalue weighted by molar-refractivity contribution is -0.138. The maximum absolute atomic E-state index is 12.7. The first-order valence-corrected chi connectivity index (χ1v) is 6.56. The smallest absolute Gasteiger partial charge is 0.416 e. The Balaban J connectivity index is 2.62. The molecule has 0 aromatic heterocycles. The Morgan fingerprint density at radius 3 is 2.23 bits per heavy atom. The number of ether oxygens (including phenoxy) is 1. The Morgan fingerprint density at radius 2 is 1.64 bits per heavy atom. The topological polar surface area (TPSA) is 9.23 Å². The zero-order valence-corrected chi connectivity index (χ0v) is 12.1. The zero-order valence-electron chi connectivity index (χ0n) is 10.6. The fourth-order valence-corrected chi connectivity index (χ4v) is 2.23. The molecule has 0 aliphatic heterocycles. The van der Waals surface area contributed by atoms with E-state index < -0.39 is 24.1 Å². The summed E-state index contributed by atoms with van der Waals surface area (Å²) in [4.78, 5) is 0. The van der Waals surface area contributed by atoms with Gasteiger partial charge in [0.1, 0.15) is 5.75 Å². The first-order valence-electron chi connectivity index (χ1n) is 5.80. The van der Waals surface area contributed by atoms with Crippen molar-refractivity contribution in [2.75, 3.05) is 0 Å². The van der Waals surface area contributed by atoms with Gasteiger partial charge in [-0.2, -0.15) is 22.0 Å². The Hall–Kier alpha value is -1.53. The van der Waals surface area contributed by atoms with Crippen LogP contribution in [0.2, 0.25) is 10.0 Å². The van der Waals surface area contributed by atoms with Gasteiger partial charge in [0.05, 0.1) is 15.6 Å². The molecule has 0 fully saturated rings. The van der Waals surface area contributed by atoms with Crippen LogP contribution in [0.15, 0.2) is 36.4 Å². The molecule has 22 heavy (non-hydrogen) atoms. The summed E-state index contributed by atoms with van der Waals surface area (Å²) in [5.74, 6) is -0.631. The average Bonchev–Trinajstić information content (AvgIpc) is 2.40. The standard InChI is InChI=1S/C14H7Cl2F5O/c15-10-3-1-2-9(12(10)16)8-5-4-7(14(19,20)21)6-11(8)22-13(17)18/h1-6,13H. The molecule has 0 saturated heterocycles. The lowest BCUT2D eigenvalue weighted by Gasteiger charge is -2.15. The minimum absolute atomic E-state index is 0.0131. The largest absolute Gasteiger partial charge is 0.434 e. The number of hydrogen-bond acceptors (Lipinski definition) is 1. The van der Waals surface area contributed by atoms with E-state index in [0.29, 0.717) is 6.07 Å². The van der Waals surface area contributed by atoms with E-state index in [4.69, 9.17) is 23.2 Å². The molecule has 0 radical (unpaired) electrons. The monoisotopic (exact) mass is 356 g/mol. The summed E-state index contributed by atoms with van der Waals surface area (Å²) in [5.41, 5.74) is -0.926. The molecular weight excluding hydrogens is 350 g/mol. The van der Waals surface area contributed by atoms with Gasteiger partial charge in [0.25, 0.3) is 0 Å². The lowest BCUT2D eigenvalue weighted by Crippen LogP contribution is -2.08. The van der Waals surface area contributed by atoms with E-state index in [1.54, 1.807) is 0 Å². The highest BCUT2D eigenvalue weighted by Gasteiger charge is 2.32. The molecule has 0 saturated carbocycles. The minimum Gasteiger partial charge on any atom is -0.434 e. The second-order valence-electron chi connectivity index (χ2n) is 4.19. The van der Waals surface area contributed by atoms with E-state index in [1.807, 2.05) is 0 Å². The summed E-state index contributed by atoms with van der Waals surface area (Å²) in [6.07, 6.45) is -4.68. The van der Waals surface area contributed by atoms with Crippen molar-refractivity contribution in [3.63, 3.8) is 0 Å². The van der Waals surface area contributed by atoms with Gasteiger partial charge >= 0.3 is 12.8 Å². The van der Waals surface area contributed by atoms with Crippen LogP contribution in [0.25, 0.3) is 11.1 Å². The average molecular weight is 357 g/mol. The van der Waals surface area contributed by atoms with Crippen molar-refractivity contribution in [2.45, 2.75) is 12.8 Å². The van der Waals surface area contributed by atoms with Crippen LogP contribution >= 0.6 is 23.2 Å². The number of halogens is 7. The van der Waals surface area contributed by atoms with Crippen molar-refractivity contribution < 1.29 is 26.7 Å². The number of alkyl halides is 5. The van der Waals surface area contributed by atoms with E-state index in [9.17, 15) is 22.0 Å². The Labute approximate surface area is 132 Å². The van der Waals surface area contributed by atoms with Crippen LogP contribution in [0.4, 0.5) is 22.0 Å². The van der Waals surface area contributed by atoms with Crippen LogP contribution in [0.3, 0.4) is 0 Å². The summed E-state index contributed by atoms with van der Waals surface area (Å²) in [6.45, 7) is -3.28. The third-order valence-corrected chi connectivity index (χ3v) is 3.59. The molecule has 118 valence electrons. The van der Waals surface area contributed by atoms with Crippen LogP contribution in [0.5, 0.6) is 5.75 Å². The third kappa shape index (κ3) is 3.62. The van der Waals surface area contributed by atoms with Gasteiger partial charge in [-0.15, -0.1) is 0 Å². The molecule has 8 heteroatoms. The minimum atomic E-state index is -4.68. The molecule has 2 rings (SSSR count). The van der Waals surface area contributed by atoms with E-state index in [-0.39, 0.29) is 21.2 Å². The third-order valence-electron chi connectivity index (χ3n) is 2.77. The molecule has 0 unspecified atom stereocenters. The van der Waals surface area contributed by atoms with E-state index >= 15 is 0 Å². The SMILES string of the molecule is FC(F)Oc1cc(C(F)(F)F)ccc1-c1cccc(Cl)c1Cl. The number of benzene rings is 2. The summed E-state index contributed by atoms with van der Waals surface area (Å²) < 4.78 is 67.2. The van der Waals surface area contributed by atoms with E-state index in [1.165, 1.54) is 18.2 Å². The fourth-order valence-electron chi connectivity index (χ4n) is 1.83. The van der Waals surface area contributed by atoms with Crippen molar-refractivity contribution in [3.8, 4) is 16.9 Å². The maximum atomic E-state index is 12.7. The second kappa shape index (κ2) is 6.30. The normalized spacial score (nSPS) is 11.8. The zero-order chi connectivity index (χ0) is 16.5. The summed E-state index contributed by atoms with van der Waals surface area (Å²) in [6, 6.07) is 6.66. The Morgan fingerprint density at radius 1 is 0.955 bits per heavy atom. The molecule has 0 N–H and O–H groups in total. The molecule has 2 aromatic rings. The highest BCUT2D eigenvalue weighted by atomic mass is 35.5. The molecule has 0 aliphatic carbocycles. The molecule has 0 bridgehead atoms. The van der Waals surface area contributed by atoms with Gasteiger partial charge in [-0.25, -0.2) is 0 Å². The van der Waals surface area contributed by atoms with Crippen molar-refractivity contribution in [1.29, 1.82) is 0 Å². The molecule has 0 amide bonds. The van der Waals surface area contributed by atoms with Gasteiger partial charge in [-0.05, 0) is 24.3 Å². The number of rotatable bonds is 3. The fraction of sp³-hybridized carbons (Fsp3) is 0.143. The van der Waals surface area contributed by atoms with Crippen molar-refractivity contribution in [2.24, 2.45) is 0 Å². The molecular formula is C14H7Cl2F5O. The van der Waals surface area contributed by atoms with Gasteiger partial charge in [0.2, 0.25) is 0 Å². The summed E-state index contributed by atoms with van der Waals surface area (Å²) in [7, 11) is 0. The summed E-state index contributed by atoms with van der Waals surface area (Å²) in [5, 5.41) is 0.171. The van der Waals surface area contributed by atoms with Gasteiger partial charge in [-0.1, -0.05) is 35.3 Å². The van der Waals surface area contributed by atoms with Crippen LogP contribution in [0.1, 0.15) is 5.56 Å². The Bertz CT molecular complexity index is 685. The van der Waals surface area contributed by atoms with Crippen molar-refractivity contribution >= 4 is 23.2 Å². The second-order valence-corrected chi connectivity index (χ2v) is 4.97. The number of hydrogen-bond donors (Lipinski definition) is 0. The first kappa shape index (κ1) is 16.8. The van der Waals surface area contributed by atoms with Gasteiger partial charge in [-0.3, -0.25) is 0 Å².